The van der Waals surface area contributed by atoms with E-state index in [0.29, 0.717) is 11.5 Å². The second-order valence-electron chi connectivity index (χ2n) is 6.23. The van der Waals surface area contributed by atoms with E-state index in [9.17, 15) is 13.2 Å². The maximum Gasteiger partial charge on any atom is 0.416 e. The molecule has 0 unspecified atom stereocenters. The van der Waals surface area contributed by atoms with Crippen molar-refractivity contribution in [3.63, 3.8) is 0 Å². The molecule has 0 amide bonds. The molecule has 0 fully saturated rings. The normalized spacial score (nSPS) is 11.9. The number of thioether (sulfide) groups is 1. The summed E-state index contributed by atoms with van der Waals surface area (Å²) in [5.41, 5.74) is 2.31. The minimum atomic E-state index is -4.31. The van der Waals surface area contributed by atoms with E-state index < -0.39 is 11.7 Å². The monoisotopic (exact) mass is 393 g/mol. The van der Waals surface area contributed by atoms with Gasteiger partial charge in [-0.05, 0) is 35.7 Å². The van der Waals surface area contributed by atoms with Gasteiger partial charge in [-0.1, -0.05) is 38.1 Å². The molecule has 0 aliphatic rings. The average Bonchev–Trinajstić information content (AvgIpc) is 3.09. The molecule has 0 spiro atoms. The van der Waals surface area contributed by atoms with E-state index in [1.54, 1.807) is 11.8 Å². The highest BCUT2D eigenvalue weighted by Crippen LogP contribution is 2.32. The Labute approximate surface area is 159 Å². The lowest BCUT2D eigenvalue weighted by Gasteiger charge is -2.06. The number of benzene rings is 2. The van der Waals surface area contributed by atoms with Crippen LogP contribution in [0.3, 0.4) is 0 Å². The number of nitrogens with zero attached hydrogens (tertiary/aromatic N) is 1. The topological polar surface area (TPSA) is 12.9 Å². The molecule has 0 aliphatic carbocycles. The Balaban J connectivity index is 1.64. The smallest absolute Gasteiger partial charge is 0.240 e. The number of thiazole rings is 1. The first-order valence-corrected chi connectivity index (χ1v) is 10.0. The van der Waals surface area contributed by atoms with Crippen molar-refractivity contribution in [1.29, 1.82) is 0 Å². The SMILES string of the molecule is CC(C)c1ccc(SCc2csc(-c3ccc(C(F)(F)F)cc3)n2)cc1. The molecule has 2 aromatic carbocycles. The van der Waals surface area contributed by atoms with Gasteiger partial charge in [-0.25, -0.2) is 4.98 Å². The first-order chi connectivity index (χ1) is 12.3. The van der Waals surface area contributed by atoms with Gasteiger partial charge in [-0.15, -0.1) is 23.1 Å². The van der Waals surface area contributed by atoms with Crippen molar-refractivity contribution in [3.05, 3.63) is 70.7 Å². The molecule has 6 heteroatoms. The average molecular weight is 393 g/mol. The molecule has 1 aromatic heterocycles. The van der Waals surface area contributed by atoms with E-state index in [1.165, 1.54) is 33.9 Å². The highest BCUT2D eigenvalue weighted by molar-refractivity contribution is 7.98. The summed E-state index contributed by atoms with van der Waals surface area (Å²) in [5, 5.41) is 2.70. The van der Waals surface area contributed by atoms with E-state index in [1.807, 2.05) is 5.38 Å². The fourth-order valence-corrected chi connectivity index (χ4v) is 4.14. The number of halogens is 3. The van der Waals surface area contributed by atoms with Gasteiger partial charge in [0.15, 0.2) is 0 Å². The lowest BCUT2D eigenvalue weighted by atomic mass is 10.0. The van der Waals surface area contributed by atoms with Crippen molar-refractivity contribution in [2.45, 2.75) is 36.6 Å². The molecule has 0 saturated carbocycles. The highest BCUT2D eigenvalue weighted by atomic mass is 32.2. The Bertz CT molecular complexity index is 850. The van der Waals surface area contributed by atoms with E-state index >= 15 is 0 Å². The van der Waals surface area contributed by atoms with Gasteiger partial charge in [0.25, 0.3) is 0 Å². The maximum atomic E-state index is 12.6. The summed E-state index contributed by atoms with van der Waals surface area (Å²) in [5.74, 6) is 1.25. The van der Waals surface area contributed by atoms with E-state index in [0.717, 1.165) is 28.6 Å². The number of rotatable bonds is 5. The van der Waals surface area contributed by atoms with Crippen molar-refractivity contribution in [1.82, 2.24) is 4.98 Å². The van der Waals surface area contributed by atoms with Crippen LogP contribution in [0.15, 0.2) is 58.8 Å². The van der Waals surface area contributed by atoms with Crippen LogP contribution in [0.2, 0.25) is 0 Å². The minimum Gasteiger partial charge on any atom is -0.240 e. The van der Waals surface area contributed by atoms with Crippen LogP contribution in [0.25, 0.3) is 10.6 Å². The van der Waals surface area contributed by atoms with Crippen molar-refractivity contribution >= 4 is 23.1 Å². The van der Waals surface area contributed by atoms with Crippen molar-refractivity contribution in [2.24, 2.45) is 0 Å². The fraction of sp³-hybridized carbons (Fsp3) is 0.250. The Hall–Kier alpha value is -1.79. The van der Waals surface area contributed by atoms with Crippen molar-refractivity contribution < 1.29 is 13.2 Å². The third-order valence-corrected chi connectivity index (χ3v) is 5.93. The number of hydrogen-bond donors (Lipinski definition) is 0. The zero-order valence-corrected chi connectivity index (χ0v) is 16.0. The molecule has 1 heterocycles. The van der Waals surface area contributed by atoms with E-state index in [2.05, 4.69) is 43.1 Å². The summed E-state index contributed by atoms with van der Waals surface area (Å²) in [4.78, 5) is 5.73. The Morgan fingerprint density at radius 1 is 1.00 bits per heavy atom. The molecular weight excluding hydrogens is 375 g/mol. The number of alkyl halides is 3. The van der Waals surface area contributed by atoms with Gasteiger partial charge in [0.1, 0.15) is 5.01 Å². The van der Waals surface area contributed by atoms with Crippen LogP contribution in [0, 0.1) is 0 Å². The molecule has 0 bridgehead atoms. The third kappa shape index (κ3) is 4.68. The predicted octanol–water partition coefficient (Wildman–Crippen LogP) is 7.24. The van der Waals surface area contributed by atoms with Crippen LogP contribution >= 0.6 is 23.1 Å². The Morgan fingerprint density at radius 2 is 1.65 bits per heavy atom. The zero-order chi connectivity index (χ0) is 18.7. The molecule has 26 heavy (non-hydrogen) atoms. The Morgan fingerprint density at radius 3 is 2.23 bits per heavy atom. The lowest BCUT2D eigenvalue weighted by Crippen LogP contribution is -2.03. The summed E-state index contributed by atoms with van der Waals surface area (Å²) in [6, 6.07) is 13.7. The zero-order valence-electron chi connectivity index (χ0n) is 14.4. The largest absolute Gasteiger partial charge is 0.416 e. The molecule has 3 aromatic rings. The summed E-state index contributed by atoms with van der Waals surface area (Å²) in [7, 11) is 0. The number of aromatic nitrogens is 1. The second-order valence-corrected chi connectivity index (χ2v) is 8.14. The molecule has 0 N–H and O–H groups in total. The summed E-state index contributed by atoms with van der Waals surface area (Å²) < 4.78 is 37.9. The lowest BCUT2D eigenvalue weighted by molar-refractivity contribution is -0.137. The molecule has 0 saturated heterocycles. The van der Waals surface area contributed by atoms with Crippen LogP contribution in [-0.2, 0) is 11.9 Å². The standard InChI is InChI=1S/C20H18F3NS2/c1-13(2)14-5-9-18(10-6-14)25-11-17-12-26-19(24-17)15-3-7-16(8-4-15)20(21,22)23/h3-10,12-13H,11H2,1-2H3. The van der Waals surface area contributed by atoms with Crippen LogP contribution in [-0.4, -0.2) is 4.98 Å². The highest BCUT2D eigenvalue weighted by Gasteiger charge is 2.30. The first-order valence-electron chi connectivity index (χ1n) is 8.18. The quantitative estimate of drug-likeness (QED) is 0.424. The van der Waals surface area contributed by atoms with E-state index in [4.69, 9.17) is 0 Å². The fourth-order valence-electron chi connectivity index (χ4n) is 2.41. The maximum absolute atomic E-state index is 12.6. The van der Waals surface area contributed by atoms with Crippen LogP contribution in [0.5, 0.6) is 0 Å². The van der Waals surface area contributed by atoms with Crippen LogP contribution in [0.4, 0.5) is 13.2 Å². The van der Waals surface area contributed by atoms with Crippen LogP contribution < -0.4 is 0 Å². The van der Waals surface area contributed by atoms with Crippen molar-refractivity contribution in [2.75, 3.05) is 0 Å². The molecule has 0 radical (unpaired) electrons. The second kappa shape index (κ2) is 7.84. The van der Waals surface area contributed by atoms with Gasteiger partial charge >= 0.3 is 6.18 Å². The molecule has 0 atom stereocenters. The van der Waals surface area contributed by atoms with Gasteiger partial charge < -0.3 is 0 Å². The van der Waals surface area contributed by atoms with Gasteiger partial charge in [0, 0.05) is 21.6 Å². The van der Waals surface area contributed by atoms with Gasteiger partial charge in [0.2, 0.25) is 0 Å². The Kier molecular flexibility index (Phi) is 5.73. The summed E-state index contributed by atoms with van der Waals surface area (Å²) in [6.45, 7) is 4.33. The third-order valence-electron chi connectivity index (χ3n) is 3.94. The first kappa shape index (κ1) is 19.0. The molecular formula is C20H18F3NS2. The van der Waals surface area contributed by atoms with Gasteiger partial charge in [0.05, 0.1) is 11.3 Å². The molecule has 136 valence electrons. The van der Waals surface area contributed by atoms with Crippen molar-refractivity contribution in [3.8, 4) is 10.6 Å². The minimum absolute atomic E-state index is 0.513. The van der Waals surface area contributed by atoms with E-state index in [-0.39, 0.29) is 0 Å². The predicted molar refractivity (Wildman–Crippen MR) is 103 cm³/mol. The number of hydrogen-bond acceptors (Lipinski definition) is 3. The van der Waals surface area contributed by atoms with Gasteiger partial charge in [-0.2, -0.15) is 13.2 Å². The van der Waals surface area contributed by atoms with Crippen LogP contribution in [0.1, 0.15) is 36.6 Å². The summed E-state index contributed by atoms with van der Waals surface area (Å²) >= 11 is 3.16. The molecule has 1 nitrogen and oxygen atoms in total. The summed E-state index contributed by atoms with van der Waals surface area (Å²) in [6.07, 6.45) is -4.31. The van der Waals surface area contributed by atoms with Gasteiger partial charge in [-0.3, -0.25) is 0 Å². The molecule has 0 aliphatic heterocycles. The molecule has 3 rings (SSSR count).